The quantitative estimate of drug-likeness (QED) is 0.874. The van der Waals surface area contributed by atoms with E-state index in [0.29, 0.717) is 5.56 Å². The van der Waals surface area contributed by atoms with Crippen LogP contribution in [0.3, 0.4) is 0 Å². The van der Waals surface area contributed by atoms with E-state index < -0.39 is 15.8 Å². The second kappa shape index (κ2) is 5.83. The molecule has 110 valence electrons. The lowest BCUT2D eigenvalue weighted by Crippen LogP contribution is -2.14. The lowest BCUT2D eigenvalue weighted by atomic mass is 10.2. The molecule has 2 aromatic rings. The molecule has 0 heterocycles. The summed E-state index contributed by atoms with van der Waals surface area (Å²) in [7, 11) is -3.99. The molecule has 0 aliphatic heterocycles. The monoisotopic (exact) mass is 327 g/mol. The van der Waals surface area contributed by atoms with E-state index in [-0.39, 0.29) is 21.4 Å². The Kier molecular flexibility index (Phi) is 4.29. The van der Waals surface area contributed by atoms with Crippen molar-refractivity contribution in [2.45, 2.75) is 11.8 Å². The lowest BCUT2D eigenvalue weighted by Gasteiger charge is -2.10. The second-order valence-corrected chi connectivity index (χ2v) is 6.37. The van der Waals surface area contributed by atoms with Gasteiger partial charge < -0.3 is 0 Å². The molecule has 0 aliphatic rings. The zero-order valence-electron chi connectivity index (χ0n) is 10.9. The van der Waals surface area contributed by atoms with E-state index in [1.54, 1.807) is 0 Å². The van der Waals surface area contributed by atoms with Crippen molar-refractivity contribution in [3.8, 4) is 0 Å². The van der Waals surface area contributed by atoms with Gasteiger partial charge in [0.15, 0.2) is 5.78 Å². The molecule has 0 radical (unpaired) electrons. The van der Waals surface area contributed by atoms with Gasteiger partial charge in [0.2, 0.25) is 0 Å². The predicted molar refractivity (Wildman–Crippen MR) is 78.7 cm³/mol. The Morgan fingerprint density at radius 1 is 1.14 bits per heavy atom. The molecule has 0 saturated carbocycles. The summed E-state index contributed by atoms with van der Waals surface area (Å²) in [6.45, 7) is 1.38. The fraction of sp³-hybridized carbons (Fsp3) is 0.0714. The number of Topliss-reactive ketones (excluding diaryl/α,β-unsaturated/α-hetero) is 1. The Labute approximate surface area is 126 Å². The Bertz CT molecular complexity index is 768. The minimum absolute atomic E-state index is 0.0427. The Morgan fingerprint density at radius 2 is 1.76 bits per heavy atom. The third-order valence-electron chi connectivity index (χ3n) is 2.77. The van der Waals surface area contributed by atoms with Crippen molar-refractivity contribution in [1.82, 2.24) is 0 Å². The molecule has 2 aromatic carbocycles. The van der Waals surface area contributed by atoms with Crippen LogP contribution >= 0.6 is 11.6 Å². The molecule has 0 aliphatic carbocycles. The van der Waals surface area contributed by atoms with E-state index in [1.165, 1.54) is 43.3 Å². The predicted octanol–water partition coefficient (Wildman–Crippen LogP) is 3.48. The number of carbonyl (C=O) groups is 1. The SMILES string of the molecule is CC(=O)c1ccc(S(=O)(=O)Nc2c(F)cccc2Cl)cc1. The molecule has 2 rings (SSSR count). The molecule has 0 aromatic heterocycles. The van der Waals surface area contributed by atoms with Crippen molar-refractivity contribution in [1.29, 1.82) is 0 Å². The fourth-order valence-corrected chi connectivity index (χ4v) is 3.01. The van der Waals surface area contributed by atoms with Crippen molar-refractivity contribution < 1.29 is 17.6 Å². The highest BCUT2D eigenvalue weighted by Gasteiger charge is 2.18. The van der Waals surface area contributed by atoms with Crippen LogP contribution in [0.25, 0.3) is 0 Å². The van der Waals surface area contributed by atoms with Crippen molar-refractivity contribution in [2.24, 2.45) is 0 Å². The first-order valence-corrected chi connectivity index (χ1v) is 7.75. The Hall–Kier alpha value is -1.92. The largest absolute Gasteiger partial charge is 0.295 e. The van der Waals surface area contributed by atoms with Gasteiger partial charge >= 0.3 is 0 Å². The highest BCUT2D eigenvalue weighted by atomic mass is 35.5. The fourth-order valence-electron chi connectivity index (χ4n) is 1.66. The molecule has 21 heavy (non-hydrogen) atoms. The van der Waals surface area contributed by atoms with Gasteiger partial charge in [-0.05, 0) is 31.2 Å². The van der Waals surface area contributed by atoms with Crippen LogP contribution in [0.1, 0.15) is 17.3 Å². The Morgan fingerprint density at radius 3 is 2.29 bits per heavy atom. The second-order valence-electron chi connectivity index (χ2n) is 4.28. The van der Waals surface area contributed by atoms with Gasteiger partial charge in [-0.1, -0.05) is 29.8 Å². The molecule has 0 unspecified atom stereocenters. The van der Waals surface area contributed by atoms with E-state index in [9.17, 15) is 17.6 Å². The summed E-state index contributed by atoms with van der Waals surface area (Å²) < 4.78 is 40.0. The number of benzene rings is 2. The highest BCUT2D eigenvalue weighted by Crippen LogP contribution is 2.27. The summed E-state index contributed by atoms with van der Waals surface area (Å²) in [5, 5.41) is -0.0427. The van der Waals surface area contributed by atoms with Crippen LogP contribution in [0.15, 0.2) is 47.4 Å². The molecule has 0 fully saturated rings. The summed E-state index contributed by atoms with van der Waals surface area (Å²) in [6.07, 6.45) is 0. The average Bonchev–Trinajstić information content (AvgIpc) is 2.43. The lowest BCUT2D eigenvalue weighted by molar-refractivity contribution is 0.101. The molecule has 7 heteroatoms. The van der Waals surface area contributed by atoms with Crippen molar-refractivity contribution in [2.75, 3.05) is 4.72 Å². The first kappa shape index (κ1) is 15.5. The minimum Gasteiger partial charge on any atom is -0.295 e. The third kappa shape index (κ3) is 3.40. The van der Waals surface area contributed by atoms with Crippen LogP contribution in [0, 0.1) is 5.82 Å². The Balaban J connectivity index is 2.36. The molecular formula is C14H11ClFNO3S. The number of ketones is 1. The number of hydrogen-bond donors (Lipinski definition) is 1. The summed E-state index contributed by atoms with van der Waals surface area (Å²) >= 11 is 5.78. The van der Waals surface area contributed by atoms with Gasteiger partial charge in [-0.15, -0.1) is 0 Å². The summed E-state index contributed by atoms with van der Waals surface area (Å²) in [5.41, 5.74) is 0.0766. The van der Waals surface area contributed by atoms with E-state index in [1.807, 2.05) is 0 Å². The van der Waals surface area contributed by atoms with Gasteiger partial charge in [0.05, 0.1) is 9.92 Å². The maximum atomic E-state index is 13.6. The van der Waals surface area contributed by atoms with Gasteiger partial charge in [0, 0.05) is 5.56 Å². The molecule has 0 atom stereocenters. The molecule has 1 N–H and O–H groups in total. The first-order valence-electron chi connectivity index (χ1n) is 5.89. The smallest absolute Gasteiger partial charge is 0.262 e. The maximum Gasteiger partial charge on any atom is 0.262 e. The molecular weight excluding hydrogens is 317 g/mol. The van der Waals surface area contributed by atoms with Crippen LogP contribution in [-0.2, 0) is 10.0 Å². The summed E-state index contributed by atoms with van der Waals surface area (Å²) in [4.78, 5) is 11.1. The standard InChI is InChI=1S/C14H11ClFNO3S/c1-9(18)10-5-7-11(8-6-10)21(19,20)17-14-12(15)3-2-4-13(14)16/h2-8,17H,1H3. The van der Waals surface area contributed by atoms with Crippen molar-refractivity contribution in [3.63, 3.8) is 0 Å². The van der Waals surface area contributed by atoms with Gasteiger partial charge in [-0.2, -0.15) is 0 Å². The number of para-hydroxylation sites is 1. The molecule has 0 saturated heterocycles. The molecule has 0 amide bonds. The number of anilines is 1. The number of sulfonamides is 1. The minimum atomic E-state index is -3.99. The number of halogens is 2. The summed E-state index contributed by atoms with van der Waals surface area (Å²) in [6, 6.07) is 9.17. The van der Waals surface area contributed by atoms with Gasteiger partial charge in [0.1, 0.15) is 11.5 Å². The van der Waals surface area contributed by atoms with E-state index in [2.05, 4.69) is 4.72 Å². The van der Waals surface area contributed by atoms with Gasteiger partial charge in [-0.25, -0.2) is 12.8 Å². The highest BCUT2D eigenvalue weighted by molar-refractivity contribution is 7.92. The van der Waals surface area contributed by atoms with Crippen LogP contribution in [-0.4, -0.2) is 14.2 Å². The first-order chi connectivity index (χ1) is 9.81. The molecule has 0 bridgehead atoms. The third-order valence-corrected chi connectivity index (χ3v) is 4.45. The van der Waals surface area contributed by atoms with Crippen LogP contribution in [0.4, 0.5) is 10.1 Å². The van der Waals surface area contributed by atoms with Crippen LogP contribution in [0.2, 0.25) is 5.02 Å². The molecule has 0 spiro atoms. The van der Waals surface area contributed by atoms with Crippen molar-refractivity contribution >= 4 is 33.1 Å². The normalized spacial score (nSPS) is 11.2. The van der Waals surface area contributed by atoms with Crippen LogP contribution < -0.4 is 4.72 Å². The van der Waals surface area contributed by atoms with Crippen molar-refractivity contribution in [3.05, 3.63) is 58.9 Å². The zero-order chi connectivity index (χ0) is 15.6. The van der Waals surface area contributed by atoms with E-state index >= 15 is 0 Å². The maximum absolute atomic E-state index is 13.6. The number of nitrogens with one attached hydrogen (secondary N) is 1. The average molecular weight is 328 g/mol. The van der Waals surface area contributed by atoms with Crippen LogP contribution in [0.5, 0.6) is 0 Å². The topological polar surface area (TPSA) is 63.2 Å². The zero-order valence-corrected chi connectivity index (χ0v) is 12.5. The number of hydrogen-bond acceptors (Lipinski definition) is 3. The van der Waals surface area contributed by atoms with E-state index in [0.717, 1.165) is 6.07 Å². The number of carbonyl (C=O) groups excluding carboxylic acids is 1. The van der Waals surface area contributed by atoms with E-state index in [4.69, 9.17) is 11.6 Å². The van der Waals surface area contributed by atoms with Gasteiger partial charge in [-0.3, -0.25) is 9.52 Å². The summed E-state index contributed by atoms with van der Waals surface area (Å²) in [5.74, 6) is -0.949. The number of rotatable bonds is 4. The molecule has 4 nitrogen and oxygen atoms in total. The van der Waals surface area contributed by atoms with Gasteiger partial charge in [0.25, 0.3) is 10.0 Å².